The number of benzene rings is 1. The lowest BCUT2D eigenvalue weighted by atomic mass is 10.1. The van der Waals surface area contributed by atoms with Crippen molar-refractivity contribution in [2.45, 2.75) is 25.8 Å². The van der Waals surface area contributed by atoms with Crippen LogP contribution in [0.2, 0.25) is 0 Å². The zero-order valence-corrected chi connectivity index (χ0v) is 11.4. The van der Waals surface area contributed by atoms with Crippen molar-refractivity contribution in [1.29, 1.82) is 0 Å². The van der Waals surface area contributed by atoms with E-state index in [-0.39, 0.29) is 24.2 Å². The van der Waals surface area contributed by atoms with E-state index in [1.54, 1.807) is 6.07 Å². The number of amides is 1. The molecule has 0 bridgehead atoms. The van der Waals surface area contributed by atoms with Gasteiger partial charge in [0.25, 0.3) is 5.91 Å². The first-order valence-corrected chi connectivity index (χ1v) is 6.64. The van der Waals surface area contributed by atoms with E-state index < -0.39 is 0 Å². The van der Waals surface area contributed by atoms with Crippen LogP contribution in [0.4, 0.5) is 0 Å². The lowest BCUT2D eigenvalue weighted by Gasteiger charge is -2.11. The Hall–Kier alpha value is -2.14. The third-order valence-corrected chi connectivity index (χ3v) is 2.97. The van der Waals surface area contributed by atoms with Crippen LogP contribution in [-0.2, 0) is 0 Å². The maximum Gasteiger partial charge on any atom is 0.273 e. The summed E-state index contributed by atoms with van der Waals surface area (Å²) in [5.41, 5.74) is 1.15. The molecule has 1 heterocycles. The van der Waals surface area contributed by atoms with Gasteiger partial charge in [-0.05, 0) is 19.8 Å². The van der Waals surface area contributed by atoms with Crippen LogP contribution >= 0.6 is 0 Å². The lowest BCUT2D eigenvalue weighted by molar-refractivity contribution is 0.0927. The highest BCUT2D eigenvalue weighted by Gasteiger charge is 2.15. The van der Waals surface area contributed by atoms with E-state index in [9.17, 15) is 4.79 Å². The number of hydrogen-bond donors (Lipinski definition) is 2. The molecule has 0 fully saturated rings. The van der Waals surface area contributed by atoms with Gasteiger partial charge in [0, 0.05) is 24.3 Å². The van der Waals surface area contributed by atoms with Gasteiger partial charge in [0.15, 0.2) is 11.5 Å². The second-order valence-corrected chi connectivity index (χ2v) is 4.68. The first kappa shape index (κ1) is 14.3. The van der Waals surface area contributed by atoms with E-state index in [1.807, 2.05) is 37.3 Å². The quantitative estimate of drug-likeness (QED) is 0.847. The summed E-state index contributed by atoms with van der Waals surface area (Å²) >= 11 is 0. The molecule has 5 heteroatoms. The fraction of sp³-hybridized carbons (Fsp3) is 0.333. The number of nitrogens with one attached hydrogen (secondary N) is 1. The Kier molecular flexibility index (Phi) is 4.90. The van der Waals surface area contributed by atoms with Crippen LogP contribution in [0.25, 0.3) is 11.3 Å². The van der Waals surface area contributed by atoms with Crippen molar-refractivity contribution in [3.8, 4) is 11.3 Å². The van der Waals surface area contributed by atoms with Crippen LogP contribution in [0, 0.1) is 0 Å². The summed E-state index contributed by atoms with van der Waals surface area (Å²) in [5, 5.41) is 15.4. The zero-order valence-electron chi connectivity index (χ0n) is 11.4. The average Bonchev–Trinajstić information content (AvgIpc) is 2.96. The van der Waals surface area contributed by atoms with Crippen molar-refractivity contribution in [2.24, 2.45) is 0 Å². The van der Waals surface area contributed by atoms with Crippen LogP contribution in [0.3, 0.4) is 0 Å². The Labute approximate surface area is 117 Å². The number of aliphatic hydroxyl groups is 1. The van der Waals surface area contributed by atoms with Crippen LogP contribution in [-0.4, -0.2) is 28.8 Å². The lowest BCUT2D eigenvalue weighted by Crippen LogP contribution is -2.32. The highest BCUT2D eigenvalue weighted by atomic mass is 16.5. The Morgan fingerprint density at radius 1 is 1.40 bits per heavy atom. The maximum absolute atomic E-state index is 12.0. The average molecular weight is 274 g/mol. The number of carbonyl (C=O) groups is 1. The Morgan fingerprint density at radius 3 is 2.85 bits per heavy atom. The molecule has 0 saturated heterocycles. The monoisotopic (exact) mass is 274 g/mol. The molecule has 1 aromatic carbocycles. The summed E-state index contributed by atoms with van der Waals surface area (Å²) in [6, 6.07) is 11.1. The molecule has 2 N–H and O–H groups in total. The molecular formula is C15H18N2O3. The first-order chi connectivity index (χ1) is 9.70. The minimum Gasteiger partial charge on any atom is -0.396 e. The van der Waals surface area contributed by atoms with E-state index in [2.05, 4.69) is 10.5 Å². The maximum atomic E-state index is 12.0. The molecule has 0 aliphatic carbocycles. The Balaban J connectivity index is 2.00. The van der Waals surface area contributed by atoms with Crippen molar-refractivity contribution < 1.29 is 14.4 Å². The Morgan fingerprint density at radius 2 is 2.15 bits per heavy atom. The second-order valence-electron chi connectivity index (χ2n) is 4.68. The van der Waals surface area contributed by atoms with Crippen LogP contribution in [0.1, 0.15) is 30.3 Å². The minimum absolute atomic E-state index is 0.00785. The highest BCUT2D eigenvalue weighted by molar-refractivity contribution is 5.93. The number of rotatable bonds is 6. The highest BCUT2D eigenvalue weighted by Crippen LogP contribution is 2.19. The predicted molar refractivity (Wildman–Crippen MR) is 75.2 cm³/mol. The van der Waals surface area contributed by atoms with Crippen molar-refractivity contribution in [2.75, 3.05) is 6.61 Å². The molecule has 1 unspecified atom stereocenters. The number of hydrogen-bond acceptors (Lipinski definition) is 4. The van der Waals surface area contributed by atoms with Gasteiger partial charge in [-0.1, -0.05) is 35.5 Å². The second kappa shape index (κ2) is 6.86. The molecule has 0 aliphatic rings. The van der Waals surface area contributed by atoms with E-state index in [1.165, 1.54) is 0 Å². The van der Waals surface area contributed by atoms with Gasteiger partial charge in [-0.15, -0.1) is 0 Å². The first-order valence-electron chi connectivity index (χ1n) is 6.64. The van der Waals surface area contributed by atoms with E-state index in [4.69, 9.17) is 9.63 Å². The predicted octanol–water partition coefficient (Wildman–Crippen LogP) is 2.23. The third kappa shape index (κ3) is 3.68. The van der Waals surface area contributed by atoms with Crippen molar-refractivity contribution >= 4 is 5.91 Å². The minimum atomic E-state index is -0.263. The fourth-order valence-corrected chi connectivity index (χ4v) is 1.89. The summed E-state index contributed by atoms with van der Waals surface area (Å²) in [5.74, 6) is 0.306. The van der Waals surface area contributed by atoms with Gasteiger partial charge >= 0.3 is 0 Å². The van der Waals surface area contributed by atoms with Gasteiger partial charge in [-0.2, -0.15) is 0 Å². The number of carbonyl (C=O) groups excluding carboxylic acids is 1. The standard InChI is InChI=1S/C15H18N2O3/c1-11(6-5-9-18)16-15(19)13-10-14(20-17-13)12-7-3-2-4-8-12/h2-4,7-8,10-11,18H,5-6,9H2,1H3,(H,16,19). The molecule has 5 nitrogen and oxygen atoms in total. The molecule has 0 aliphatic heterocycles. The van der Waals surface area contributed by atoms with Gasteiger partial charge in [-0.25, -0.2) is 0 Å². The number of nitrogens with zero attached hydrogens (tertiary/aromatic N) is 1. The van der Waals surface area contributed by atoms with Crippen LogP contribution in [0.5, 0.6) is 0 Å². The summed E-state index contributed by atoms with van der Waals surface area (Å²) < 4.78 is 5.18. The van der Waals surface area contributed by atoms with Crippen LogP contribution < -0.4 is 5.32 Å². The van der Waals surface area contributed by atoms with Gasteiger partial charge in [-0.3, -0.25) is 4.79 Å². The van der Waals surface area contributed by atoms with Crippen molar-refractivity contribution in [1.82, 2.24) is 10.5 Å². The summed E-state index contributed by atoms with van der Waals surface area (Å²) in [7, 11) is 0. The molecule has 0 spiro atoms. The molecule has 20 heavy (non-hydrogen) atoms. The topological polar surface area (TPSA) is 75.4 Å². The van der Waals surface area contributed by atoms with E-state index in [0.29, 0.717) is 12.2 Å². The zero-order chi connectivity index (χ0) is 14.4. The molecule has 106 valence electrons. The van der Waals surface area contributed by atoms with Crippen LogP contribution in [0.15, 0.2) is 40.9 Å². The third-order valence-electron chi connectivity index (χ3n) is 2.97. The molecule has 1 amide bonds. The molecule has 0 saturated carbocycles. The molecule has 2 rings (SSSR count). The van der Waals surface area contributed by atoms with E-state index >= 15 is 0 Å². The molecule has 2 aromatic rings. The van der Waals surface area contributed by atoms with Gasteiger partial charge in [0.1, 0.15) is 0 Å². The molecule has 1 aromatic heterocycles. The summed E-state index contributed by atoms with van der Waals surface area (Å²) in [6.07, 6.45) is 1.39. The summed E-state index contributed by atoms with van der Waals surface area (Å²) in [6.45, 7) is 2.02. The number of aliphatic hydroxyl groups excluding tert-OH is 1. The van der Waals surface area contributed by atoms with Gasteiger partial charge in [0.2, 0.25) is 0 Å². The smallest absolute Gasteiger partial charge is 0.273 e. The number of aromatic nitrogens is 1. The normalized spacial score (nSPS) is 12.1. The largest absolute Gasteiger partial charge is 0.396 e. The Bertz CT molecular complexity index is 551. The van der Waals surface area contributed by atoms with Crippen molar-refractivity contribution in [3.05, 3.63) is 42.1 Å². The van der Waals surface area contributed by atoms with E-state index in [0.717, 1.165) is 12.0 Å². The molecule has 0 radical (unpaired) electrons. The SMILES string of the molecule is CC(CCCO)NC(=O)c1cc(-c2ccccc2)on1. The van der Waals surface area contributed by atoms with Crippen molar-refractivity contribution in [3.63, 3.8) is 0 Å². The molecule has 1 atom stereocenters. The van der Waals surface area contributed by atoms with Gasteiger partial charge < -0.3 is 14.9 Å². The van der Waals surface area contributed by atoms with Gasteiger partial charge in [0.05, 0.1) is 0 Å². The summed E-state index contributed by atoms with van der Waals surface area (Å²) in [4.78, 5) is 12.0. The molecular weight excluding hydrogens is 256 g/mol. The fourth-order valence-electron chi connectivity index (χ4n) is 1.89.